The van der Waals surface area contributed by atoms with Crippen LogP contribution in [0, 0.1) is 0 Å². The molecular formula is C26H44F2N2O6. The molecule has 0 aromatic rings. The van der Waals surface area contributed by atoms with E-state index in [0.29, 0.717) is 39.1 Å². The summed E-state index contributed by atoms with van der Waals surface area (Å²) in [6, 6.07) is 0. The molecule has 0 aromatic carbocycles. The molecule has 0 bridgehead atoms. The first-order valence-corrected chi connectivity index (χ1v) is 13.2. The number of rotatable bonds is 0. The first-order chi connectivity index (χ1) is 16.6. The Bertz CT molecular complexity index is 705. The van der Waals surface area contributed by atoms with Crippen molar-refractivity contribution in [1.29, 1.82) is 0 Å². The summed E-state index contributed by atoms with van der Waals surface area (Å²) in [5.74, 6) is 0. The predicted molar refractivity (Wildman–Crippen MR) is 130 cm³/mol. The van der Waals surface area contributed by atoms with Crippen LogP contribution in [0.25, 0.3) is 0 Å². The molecule has 4 fully saturated rings. The zero-order chi connectivity index (χ0) is 26.8. The zero-order valence-electron chi connectivity index (χ0n) is 22.7. The number of hydrogen-bond donors (Lipinski definition) is 0. The second-order valence-corrected chi connectivity index (χ2v) is 12.3. The Morgan fingerprint density at radius 2 is 1.08 bits per heavy atom. The average molecular weight is 519 g/mol. The van der Waals surface area contributed by atoms with E-state index in [-0.39, 0.29) is 13.1 Å². The molecule has 0 unspecified atom stereocenters. The fourth-order valence-electron chi connectivity index (χ4n) is 5.17. The smallest absolute Gasteiger partial charge is 0.410 e. The summed E-state index contributed by atoms with van der Waals surface area (Å²) >= 11 is 0. The average Bonchev–Trinajstić information content (AvgIpc) is 3.41. The fraction of sp³-hybridized carbons (Fsp3) is 0.923. The van der Waals surface area contributed by atoms with Crippen molar-refractivity contribution in [2.75, 3.05) is 39.4 Å². The maximum absolute atomic E-state index is 14.2. The molecule has 2 amide bonds. The molecule has 4 aliphatic rings. The maximum atomic E-state index is 14.2. The quantitative estimate of drug-likeness (QED) is 0.448. The van der Waals surface area contributed by atoms with Gasteiger partial charge in [-0.2, -0.15) is 0 Å². The number of carbonyl (C=O) groups excluding carboxylic acids is 2. The highest BCUT2D eigenvalue weighted by Gasteiger charge is 2.49. The minimum atomic E-state index is -1.11. The van der Waals surface area contributed by atoms with Gasteiger partial charge in [-0.3, -0.25) is 0 Å². The third-order valence-corrected chi connectivity index (χ3v) is 7.08. The Hall–Kier alpha value is -1.68. The van der Waals surface area contributed by atoms with Crippen molar-refractivity contribution in [1.82, 2.24) is 9.80 Å². The van der Waals surface area contributed by atoms with Gasteiger partial charge in [0.05, 0.1) is 13.1 Å². The molecule has 36 heavy (non-hydrogen) atoms. The summed E-state index contributed by atoms with van der Waals surface area (Å²) < 4.78 is 50.1. The van der Waals surface area contributed by atoms with Gasteiger partial charge in [-0.25, -0.2) is 18.4 Å². The van der Waals surface area contributed by atoms with Gasteiger partial charge in [0.1, 0.15) is 34.7 Å². The third kappa shape index (κ3) is 7.21. The van der Waals surface area contributed by atoms with E-state index >= 15 is 0 Å². The van der Waals surface area contributed by atoms with Crippen LogP contribution in [-0.2, 0) is 18.9 Å². The van der Waals surface area contributed by atoms with E-state index in [9.17, 15) is 18.4 Å². The van der Waals surface area contributed by atoms with E-state index < -0.39 is 46.9 Å². The number of ether oxygens (including phenoxy) is 4. The van der Waals surface area contributed by atoms with Crippen molar-refractivity contribution >= 4 is 12.2 Å². The lowest BCUT2D eigenvalue weighted by atomic mass is 9.87. The van der Waals surface area contributed by atoms with Crippen LogP contribution in [0.15, 0.2) is 0 Å². The lowest BCUT2D eigenvalue weighted by molar-refractivity contribution is -0.0983. The molecule has 4 heterocycles. The number of alkyl halides is 2. The molecular weight excluding hydrogens is 474 g/mol. The molecule has 4 atom stereocenters. The topological polar surface area (TPSA) is 77.5 Å². The molecule has 0 saturated carbocycles. The van der Waals surface area contributed by atoms with Crippen LogP contribution in [0.5, 0.6) is 0 Å². The van der Waals surface area contributed by atoms with E-state index in [1.54, 1.807) is 0 Å². The monoisotopic (exact) mass is 518 g/mol. The van der Waals surface area contributed by atoms with Crippen LogP contribution in [0.1, 0.15) is 80.1 Å². The summed E-state index contributed by atoms with van der Waals surface area (Å²) in [4.78, 5) is 26.6. The second kappa shape index (κ2) is 11.0. The molecule has 208 valence electrons. The highest BCUT2D eigenvalue weighted by Crippen LogP contribution is 2.39. The van der Waals surface area contributed by atoms with Crippen LogP contribution < -0.4 is 0 Å². The number of hydrogen-bond acceptors (Lipinski definition) is 6. The van der Waals surface area contributed by atoms with E-state index in [2.05, 4.69) is 0 Å². The van der Waals surface area contributed by atoms with Crippen LogP contribution >= 0.6 is 0 Å². The van der Waals surface area contributed by atoms with Gasteiger partial charge in [-0.1, -0.05) is 0 Å². The van der Waals surface area contributed by atoms with Crippen molar-refractivity contribution in [2.45, 2.75) is 115 Å². The molecule has 0 aliphatic carbocycles. The summed E-state index contributed by atoms with van der Waals surface area (Å²) in [5, 5.41) is 0. The van der Waals surface area contributed by atoms with Gasteiger partial charge in [-0.05, 0) is 80.1 Å². The lowest BCUT2D eigenvalue weighted by Crippen LogP contribution is -2.55. The predicted octanol–water partition coefficient (Wildman–Crippen LogP) is 5.03. The van der Waals surface area contributed by atoms with Gasteiger partial charge >= 0.3 is 12.2 Å². The van der Waals surface area contributed by atoms with E-state index in [1.807, 2.05) is 41.5 Å². The van der Waals surface area contributed by atoms with Gasteiger partial charge in [-0.15, -0.1) is 0 Å². The SMILES string of the molecule is CC(C)(C)OC(=O)N1CC[C@@]2(CCCO2)[C@H](F)C1.CC(C)(C)OC(=O)N1CC[C@]2(CCCO2)[C@H](F)C1. The van der Waals surface area contributed by atoms with Crippen LogP contribution in [0.4, 0.5) is 18.4 Å². The molecule has 0 N–H and O–H groups in total. The Morgan fingerprint density at radius 1 is 0.722 bits per heavy atom. The molecule has 4 saturated heterocycles. The number of piperidine rings is 2. The molecule has 10 heteroatoms. The van der Waals surface area contributed by atoms with E-state index in [4.69, 9.17) is 18.9 Å². The maximum Gasteiger partial charge on any atom is 0.410 e. The van der Waals surface area contributed by atoms with E-state index in [1.165, 1.54) is 9.80 Å². The van der Waals surface area contributed by atoms with Crippen LogP contribution in [0.3, 0.4) is 0 Å². The van der Waals surface area contributed by atoms with Gasteiger partial charge in [0.2, 0.25) is 0 Å². The summed E-state index contributed by atoms with van der Waals surface area (Å²) in [6.07, 6.45) is 1.38. The minimum absolute atomic E-state index is 0.0783. The van der Waals surface area contributed by atoms with Gasteiger partial charge < -0.3 is 28.7 Å². The van der Waals surface area contributed by atoms with Crippen molar-refractivity contribution in [3.05, 3.63) is 0 Å². The molecule has 2 spiro atoms. The number of likely N-dealkylation sites (tertiary alicyclic amines) is 2. The Balaban J connectivity index is 0.000000201. The molecule has 0 radical (unpaired) electrons. The summed E-state index contributed by atoms with van der Waals surface area (Å²) in [7, 11) is 0. The van der Waals surface area contributed by atoms with Crippen molar-refractivity contribution < 1.29 is 37.3 Å². The first-order valence-electron chi connectivity index (χ1n) is 13.2. The number of amides is 2. The van der Waals surface area contributed by atoms with Crippen LogP contribution in [0.2, 0.25) is 0 Å². The van der Waals surface area contributed by atoms with Gasteiger partial charge in [0, 0.05) is 26.3 Å². The third-order valence-electron chi connectivity index (χ3n) is 7.08. The zero-order valence-corrected chi connectivity index (χ0v) is 22.7. The van der Waals surface area contributed by atoms with Crippen molar-refractivity contribution in [2.24, 2.45) is 0 Å². The standard InChI is InChI=1S/2C13H22FNO3/c2*1-12(2,3)18-11(16)15-7-6-13(10(14)9-15)5-4-8-17-13/h2*10H,4-9H2,1-3H3/t10-,13+;10-,13-/m11/s1. The lowest BCUT2D eigenvalue weighted by Gasteiger charge is -2.41. The minimum Gasteiger partial charge on any atom is -0.444 e. The summed E-state index contributed by atoms with van der Waals surface area (Å²) in [6.45, 7) is 13.3. The Kier molecular flexibility index (Phi) is 8.80. The number of nitrogens with zero attached hydrogens (tertiary/aromatic N) is 2. The molecule has 4 rings (SSSR count). The number of carbonyl (C=O) groups is 2. The van der Waals surface area contributed by atoms with Gasteiger partial charge in [0.25, 0.3) is 0 Å². The van der Waals surface area contributed by atoms with Gasteiger partial charge in [0.15, 0.2) is 0 Å². The Morgan fingerprint density at radius 3 is 1.33 bits per heavy atom. The van der Waals surface area contributed by atoms with E-state index in [0.717, 1.165) is 25.7 Å². The van der Waals surface area contributed by atoms with Crippen LogP contribution in [-0.4, -0.2) is 96.1 Å². The highest BCUT2D eigenvalue weighted by atomic mass is 19.1. The van der Waals surface area contributed by atoms with Crippen molar-refractivity contribution in [3.63, 3.8) is 0 Å². The molecule has 4 aliphatic heterocycles. The van der Waals surface area contributed by atoms with Crippen molar-refractivity contribution in [3.8, 4) is 0 Å². The largest absolute Gasteiger partial charge is 0.444 e. The first kappa shape index (κ1) is 28.9. The molecule has 8 nitrogen and oxygen atoms in total. The fourth-order valence-corrected chi connectivity index (χ4v) is 5.17. The second-order valence-electron chi connectivity index (χ2n) is 12.3. The highest BCUT2D eigenvalue weighted by molar-refractivity contribution is 5.68. The Labute approximate surface area is 213 Å². The summed E-state index contributed by atoms with van der Waals surface area (Å²) in [5.41, 5.74) is -2.36. The normalized spacial score (nSPS) is 32.9. The number of halogens is 2. The molecule has 0 aromatic heterocycles.